The van der Waals surface area contributed by atoms with E-state index in [0.717, 1.165) is 6.07 Å². The van der Waals surface area contributed by atoms with E-state index < -0.39 is 39.1 Å². The maximum absolute atomic E-state index is 13.0. The Morgan fingerprint density at radius 1 is 1.18 bits per heavy atom. The number of carbonyl (C=O) groups is 2. The van der Waals surface area contributed by atoms with Crippen LogP contribution >= 0.6 is 0 Å². The minimum absolute atomic E-state index is 0.0994. The van der Waals surface area contributed by atoms with Gasteiger partial charge in [-0.1, -0.05) is 12.1 Å². The molecule has 0 unspecified atom stereocenters. The van der Waals surface area contributed by atoms with Gasteiger partial charge >= 0.3 is 5.97 Å². The second-order valence-corrected chi connectivity index (χ2v) is 8.69. The summed E-state index contributed by atoms with van der Waals surface area (Å²) in [5.74, 6) is -1.70. The number of ether oxygens (including phenoxy) is 3. The molecule has 0 aliphatic carbocycles. The van der Waals surface area contributed by atoms with E-state index in [2.05, 4.69) is 5.32 Å². The third-order valence-electron chi connectivity index (χ3n) is 4.69. The molecular weight excluding hydrogens is 458 g/mol. The molecule has 0 bridgehead atoms. The highest BCUT2D eigenvalue weighted by Gasteiger charge is 2.30. The highest BCUT2D eigenvalue weighted by molar-refractivity contribution is 7.89. The quantitative estimate of drug-likeness (QED) is 0.336. The van der Waals surface area contributed by atoms with E-state index in [9.17, 15) is 28.1 Å². The number of hydrogen-bond acceptors (Lipinski definition) is 9. The van der Waals surface area contributed by atoms with E-state index >= 15 is 0 Å². The fourth-order valence-electron chi connectivity index (χ4n) is 3.09. The number of nitrogens with zero attached hydrogens (tertiary/aromatic N) is 2. The normalized spacial score (nSPS) is 14.3. The lowest BCUT2D eigenvalue weighted by Gasteiger charge is -2.26. The third kappa shape index (κ3) is 5.63. The number of benzene rings is 2. The first-order valence-electron chi connectivity index (χ1n) is 9.70. The summed E-state index contributed by atoms with van der Waals surface area (Å²) in [6.07, 6.45) is 0. The van der Waals surface area contributed by atoms with Crippen molar-refractivity contribution in [1.82, 2.24) is 4.31 Å². The number of anilines is 1. The van der Waals surface area contributed by atoms with Crippen molar-refractivity contribution in [2.45, 2.75) is 4.90 Å². The van der Waals surface area contributed by atoms with E-state index in [1.807, 2.05) is 0 Å². The largest absolute Gasteiger partial charge is 0.495 e. The number of para-hydroxylation sites is 1. The molecule has 0 radical (unpaired) electrons. The van der Waals surface area contributed by atoms with Gasteiger partial charge in [0.15, 0.2) is 6.61 Å². The number of morpholine rings is 1. The van der Waals surface area contributed by atoms with Crippen LogP contribution in [0.15, 0.2) is 47.4 Å². The first kappa shape index (κ1) is 24.1. The Hall–Kier alpha value is -3.55. The fraction of sp³-hybridized carbons (Fsp3) is 0.300. The first-order valence-corrected chi connectivity index (χ1v) is 11.1. The lowest BCUT2D eigenvalue weighted by Crippen LogP contribution is -2.40. The van der Waals surface area contributed by atoms with Crippen molar-refractivity contribution < 1.29 is 37.1 Å². The number of nitro benzene ring substituents is 1. The van der Waals surface area contributed by atoms with Gasteiger partial charge in [0.05, 0.1) is 25.2 Å². The Labute approximate surface area is 189 Å². The van der Waals surface area contributed by atoms with Gasteiger partial charge < -0.3 is 19.5 Å². The number of nitrogens with one attached hydrogen (secondary N) is 1. The van der Waals surface area contributed by atoms with E-state index in [-0.39, 0.29) is 48.2 Å². The highest BCUT2D eigenvalue weighted by Crippen LogP contribution is 2.30. The lowest BCUT2D eigenvalue weighted by atomic mass is 10.2. The summed E-state index contributed by atoms with van der Waals surface area (Å²) < 4.78 is 42.5. The molecule has 1 saturated heterocycles. The maximum Gasteiger partial charge on any atom is 0.345 e. The third-order valence-corrected chi connectivity index (χ3v) is 6.61. The molecule has 1 heterocycles. The van der Waals surface area contributed by atoms with Crippen LogP contribution in [0.25, 0.3) is 0 Å². The van der Waals surface area contributed by atoms with Gasteiger partial charge in [-0.15, -0.1) is 0 Å². The number of amides is 1. The number of esters is 1. The molecule has 3 rings (SSSR count). The summed E-state index contributed by atoms with van der Waals surface area (Å²) in [5, 5.41) is 13.5. The zero-order valence-electron chi connectivity index (χ0n) is 17.6. The molecule has 1 aliphatic rings. The maximum atomic E-state index is 13.0. The zero-order chi connectivity index (χ0) is 24.0. The zero-order valence-corrected chi connectivity index (χ0v) is 18.4. The van der Waals surface area contributed by atoms with Crippen LogP contribution in [0.3, 0.4) is 0 Å². The average Bonchev–Trinajstić information content (AvgIpc) is 2.83. The van der Waals surface area contributed by atoms with Crippen LogP contribution in [0, 0.1) is 10.1 Å². The topological polar surface area (TPSA) is 154 Å². The minimum Gasteiger partial charge on any atom is -0.495 e. The van der Waals surface area contributed by atoms with Gasteiger partial charge in [-0.25, -0.2) is 13.2 Å². The van der Waals surface area contributed by atoms with Crippen molar-refractivity contribution in [2.24, 2.45) is 0 Å². The van der Waals surface area contributed by atoms with Crippen LogP contribution in [0.5, 0.6) is 5.75 Å². The van der Waals surface area contributed by atoms with E-state index in [1.165, 1.54) is 47.8 Å². The van der Waals surface area contributed by atoms with E-state index in [1.54, 1.807) is 0 Å². The monoisotopic (exact) mass is 479 g/mol. The van der Waals surface area contributed by atoms with E-state index in [0.29, 0.717) is 0 Å². The van der Waals surface area contributed by atoms with Gasteiger partial charge in [0.2, 0.25) is 10.0 Å². The Morgan fingerprint density at radius 2 is 1.88 bits per heavy atom. The molecule has 0 aromatic heterocycles. The van der Waals surface area contributed by atoms with Crippen molar-refractivity contribution >= 4 is 33.3 Å². The molecule has 1 N–H and O–H groups in total. The van der Waals surface area contributed by atoms with Crippen LogP contribution in [0.4, 0.5) is 11.4 Å². The molecule has 0 saturated carbocycles. The smallest absolute Gasteiger partial charge is 0.345 e. The average molecular weight is 479 g/mol. The molecule has 0 spiro atoms. The predicted octanol–water partition coefficient (Wildman–Crippen LogP) is 1.42. The minimum atomic E-state index is -3.91. The Bertz CT molecular complexity index is 1160. The summed E-state index contributed by atoms with van der Waals surface area (Å²) >= 11 is 0. The standard InChI is InChI=1S/C20H21N3O9S/c1-30-17-7-6-14(12-18(17)33(28,29)22-8-10-31-11-9-22)21-19(24)13-32-20(25)15-4-2-3-5-16(15)23(26)27/h2-7,12H,8-11,13H2,1H3,(H,21,24). The molecule has 2 aromatic carbocycles. The molecule has 2 aromatic rings. The Morgan fingerprint density at radius 3 is 2.55 bits per heavy atom. The first-order chi connectivity index (χ1) is 15.7. The number of rotatable bonds is 8. The molecule has 0 atom stereocenters. The van der Waals surface area contributed by atoms with Gasteiger partial charge in [-0.2, -0.15) is 4.31 Å². The van der Waals surface area contributed by atoms with Crippen molar-refractivity contribution in [3.8, 4) is 5.75 Å². The second kappa shape index (κ2) is 10.4. The fourth-order valence-corrected chi connectivity index (χ4v) is 4.68. The van der Waals surface area contributed by atoms with Crippen LogP contribution in [0.1, 0.15) is 10.4 Å². The SMILES string of the molecule is COc1ccc(NC(=O)COC(=O)c2ccccc2[N+](=O)[O-])cc1S(=O)(=O)N1CCOCC1. The summed E-state index contributed by atoms with van der Waals surface area (Å²) in [5.41, 5.74) is -0.607. The van der Waals surface area contributed by atoms with E-state index in [4.69, 9.17) is 14.2 Å². The number of carbonyl (C=O) groups excluding carboxylic acids is 2. The number of sulfonamides is 1. The molecule has 1 amide bonds. The molecule has 12 nitrogen and oxygen atoms in total. The molecule has 33 heavy (non-hydrogen) atoms. The predicted molar refractivity (Wildman–Crippen MR) is 115 cm³/mol. The van der Waals surface area contributed by atoms with Crippen molar-refractivity contribution in [3.05, 3.63) is 58.1 Å². The van der Waals surface area contributed by atoms with Gasteiger partial charge in [0.25, 0.3) is 11.6 Å². The van der Waals surface area contributed by atoms with Gasteiger partial charge in [-0.3, -0.25) is 14.9 Å². The molecule has 176 valence electrons. The lowest BCUT2D eigenvalue weighted by molar-refractivity contribution is -0.385. The van der Waals surface area contributed by atoms with Crippen molar-refractivity contribution in [3.63, 3.8) is 0 Å². The summed E-state index contributed by atoms with van der Waals surface area (Å²) in [4.78, 5) is 34.6. The summed E-state index contributed by atoms with van der Waals surface area (Å²) in [6.45, 7) is 0.168. The van der Waals surface area contributed by atoms with Crippen LogP contribution in [-0.4, -0.2) is 69.5 Å². The van der Waals surface area contributed by atoms with Crippen molar-refractivity contribution in [1.29, 1.82) is 0 Å². The van der Waals surface area contributed by atoms with Crippen LogP contribution in [-0.2, 0) is 24.3 Å². The van der Waals surface area contributed by atoms with Crippen molar-refractivity contribution in [2.75, 3.05) is 45.3 Å². The molecule has 1 aliphatic heterocycles. The van der Waals surface area contributed by atoms with Crippen LogP contribution < -0.4 is 10.1 Å². The van der Waals surface area contributed by atoms with Crippen LogP contribution in [0.2, 0.25) is 0 Å². The summed E-state index contributed by atoms with van der Waals surface area (Å²) in [6, 6.07) is 9.24. The molecule has 13 heteroatoms. The number of nitro groups is 1. The Kier molecular flexibility index (Phi) is 7.58. The van der Waals surface area contributed by atoms with Gasteiger partial charge in [0, 0.05) is 24.8 Å². The molecular formula is C20H21N3O9S. The highest BCUT2D eigenvalue weighted by atomic mass is 32.2. The number of hydrogen-bond donors (Lipinski definition) is 1. The summed E-state index contributed by atoms with van der Waals surface area (Å²) in [7, 11) is -2.58. The number of methoxy groups -OCH3 is 1. The Balaban J connectivity index is 1.71. The molecule has 1 fully saturated rings. The van der Waals surface area contributed by atoms with Gasteiger partial charge in [-0.05, 0) is 24.3 Å². The van der Waals surface area contributed by atoms with Gasteiger partial charge in [0.1, 0.15) is 16.2 Å². The second-order valence-electron chi connectivity index (χ2n) is 6.78.